The van der Waals surface area contributed by atoms with E-state index in [1.807, 2.05) is 30.5 Å². The molecule has 0 fully saturated rings. The maximum absolute atomic E-state index is 4.63. The van der Waals surface area contributed by atoms with Crippen LogP contribution in [0.1, 0.15) is 11.3 Å². The smallest absolute Gasteiger partial charge is 0.159 e. The molecule has 0 spiro atoms. The predicted octanol–water partition coefficient (Wildman–Crippen LogP) is 2.55. The van der Waals surface area contributed by atoms with Crippen LogP contribution in [0.2, 0.25) is 0 Å². The van der Waals surface area contributed by atoms with E-state index in [4.69, 9.17) is 0 Å². The van der Waals surface area contributed by atoms with Crippen molar-refractivity contribution in [2.75, 3.05) is 6.54 Å². The van der Waals surface area contributed by atoms with Crippen molar-refractivity contribution in [1.82, 2.24) is 15.3 Å². The summed E-state index contributed by atoms with van der Waals surface area (Å²) in [5.41, 5.74) is 3.44. The zero-order valence-corrected chi connectivity index (χ0v) is 10.9. The van der Waals surface area contributed by atoms with Crippen LogP contribution in [-0.4, -0.2) is 16.5 Å². The molecular formula is C13H12BrN3. The molecule has 0 aliphatic carbocycles. The summed E-state index contributed by atoms with van der Waals surface area (Å²) in [6.45, 7) is 1.87. The Morgan fingerprint density at radius 1 is 1.29 bits per heavy atom. The van der Waals surface area contributed by atoms with Crippen LogP contribution in [0, 0.1) is 0 Å². The van der Waals surface area contributed by atoms with Crippen molar-refractivity contribution >= 4 is 15.9 Å². The number of nitrogens with one attached hydrogen (secondary N) is 1. The monoisotopic (exact) mass is 289 g/mol. The van der Waals surface area contributed by atoms with Crippen LogP contribution in [0.5, 0.6) is 0 Å². The number of nitrogens with zero attached hydrogens (tertiary/aromatic N) is 2. The molecule has 0 saturated carbocycles. The van der Waals surface area contributed by atoms with Crippen molar-refractivity contribution in [2.24, 2.45) is 0 Å². The maximum Gasteiger partial charge on any atom is 0.159 e. The van der Waals surface area contributed by atoms with Gasteiger partial charge in [-0.1, -0.05) is 28.1 Å². The highest BCUT2D eigenvalue weighted by molar-refractivity contribution is 9.10. The van der Waals surface area contributed by atoms with Gasteiger partial charge >= 0.3 is 0 Å². The number of hydrogen-bond donors (Lipinski definition) is 1. The molecule has 0 bridgehead atoms. The van der Waals surface area contributed by atoms with Gasteiger partial charge in [0.1, 0.15) is 0 Å². The van der Waals surface area contributed by atoms with Crippen LogP contribution in [0.25, 0.3) is 11.4 Å². The molecule has 1 aromatic carbocycles. The minimum atomic E-state index is 0.800. The molecule has 0 atom stereocenters. The quantitative estimate of drug-likeness (QED) is 0.877. The summed E-state index contributed by atoms with van der Waals surface area (Å²) in [5, 5.41) is 3.33. The predicted molar refractivity (Wildman–Crippen MR) is 70.6 cm³/mol. The lowest BCUT2D eigenvalue weighted by molar-refractivity contribution is 0.624. The van der Waals surface area contributed by atoms with Crippen molar-refractivity contribution in [3.63, 3.8) is 0 Å². The summed E-state index contributed by atoms with van der Waals surface area (Å²) in [5.74, 6) is 0.800. The van der Waals surface area contributed by atoms with Crippen molar-refractivity contribution in [3.8, 4) is 11.4 Å². The van der Waals surface area contributed by atoms with Crippen LogP contribution < -0.4 is 5.32 Å². The molecule has 1 aromatic heterocycles. The van der Waals surface area contributed by atoms with E-state index >= 15 is 0 Å². The molecule has 0 amide bonds. The fourth-order valence-corrected chi connectivity index (χ4v) is 2.40. The normalized spacial score (nSPS) is 14.4. The Bertz CT molecular complexity index is 554. The lowest BCUT2D eigenvalue weighted by Crippen LogP contribution is -2.25. The van der Waals surface area contributed by atoms with E-state index in [1.54, 1.807) is 0 Å². The third kappa shape index (κ3) is 2.23. The van der Waals surface area contributed by atoms with Crippen molar-refractivity contribution in [1.29, 1.82) is 0 Å². The Labute approximate surface area is 108 Å². The molecule has 4 heteroatoms. The SMILES string of the molecule is Brc1cccc(-c2ncc3c(n2)CNCC3)c1. The minimum absolute atomic E-state index is 0.800. The number of aromatic nitrogens is 2. The standard InChI is InChI=1S/C13H12BrN3/c14-11-3-1-2-9(6-11)13-16-7-10-4-5-15-8-12(10)17-13/h1-3,6-7,15H,4-5,8H2. The average Bonchev–Trinajstić information content (AvgIpc) is 2.38. The molecule has 1 aliphatic rings. The lowest BCUT2D eigenvalue weighted by Gasteiger charge is -2.16. The highest BCUT2D eigenvalue weighted by Crippen LogP contribution is 2.21. The third-order valence-corrected chi connectivity index (χ3v) is 3.39. The number of rotatable bonds is 1. The molecule has 1 N–H and O–H groups in total. The van der Waals surface area contributed by atoms with Gasteiger partial charge in [0, 0.05) is 22.8 Å². The summed E-state index contributed by atoms with van der Waals surface area (Å²) < 4.78 is 1.05. The van der Waals surface area contributed by atoms with Crippen molar-refractivity contribution in [2.45, 2.75) is 13.0 Å². The van der Waals surface area contributed by atoms with Gasteiger partial charge < -0.3 is 5.32 Å². The topological polar surface area (TPSA) is 37.8 Å². The van der Waals surface area contributed by atoms with E-state index in [0.717, 1.165) is 41.1 Å². The molecule has 0 radical (unpaired) electrons. The van der Waals surface area contributed by atoms with Gasteiger partial charge in [-0.15, -0.1) is 0 Å². The fourth-order valence-electron chi connectivity index (χ4n) is 2.00. The molecule has 2 aromatic rings. The fraction of sp³-hybridized carbons (Fsp3) is 0.231. The highest BCUT2D eigenvalue weighted by atomic mass is 79.9. The second-order valence-corrected chi connectivity index (χ2v) is 5.02. The second-order valence-electron chi connectivity index (χ2n) is 4.10. The van der Waals surface area contributed by atoms with Crippen LogP contribution >= 0.6 is 15.9 Å². The van der Waals surface area contributed by atoms with Crippen molar-refractivity contribution in [3.05, 3.63) is 46.2 Å². The summed E-state index contributed by atoms with van der Waals surface area (Å²) in [4.78, 5) is 9.07. The van der Waals surface area contributed by atoms with Gasteiger partial charge in [-0.3, -0.25) is 0 Å². The zero-order valence-electron chi connectivity index (χ0n) is 9.28. The van der Waals surface area contributed by atoms with E-state index in [1.165, 1.54) is 5.56 Å². The first-order chi connectivity index (χ1) is 8.33. The molecule has 1 aliphatic heterocycles. The zero-order chi connectivity index (χ0) is 11.7. The molecule has 0 saturated heterocycles. The lowest BCUT2D eigenvalue weighted by atomic mass is 10.1. The van der Waals surface area contributed by atoms with E-state index in [-0.39, 0.29) is 0 Å². The first-order valence-electron chi connectivity index (χ1n) is 5.64. The minimum Gasteiger partial charge on any atom is -0.311 e. The Hall–Kier alpha value is -1.26. The Morgan fingerprint density at radius 2 is 2.24 bits per heavy atom. The number of fused-ring (bicyclic) bond motifs is 1. The summed E-state index contributed by atoms with van der Waals surface area (Å²) in [7, 11) is 0. The molecule has 3 nitrogen and oxygen atoms in total. The van der Waals surface area contributed by atoms with Crippen molar-refractivity contribution < 1.29 is 0 Å². The van der Waals surface area contributed by atoms with Gasteiger partial charge in [0.15, 0.2) is 5.82 Å². The van der Waals surface area contributed by atoms with Gasteiger partial charge in [-0.2, -0.15) is 0 Å². The molecule has 3 rings (SSSR count). The third-order valence-electron chi connectivity index (χ3n) is 2.90. The van der Waals surface area contributed by atoms with E-state index < -0.39 is 0 Å². The average molecular weight is 290 g/mol. The van der Waals surface area contributed by atoms with Crippen LogP contribution in [0.3, 0.4) is 0 Å². The largest absolute Gasteiger partial charge is 0.311 e. The summed E-state index contributed by atoms with van der Waals surface area (Å²) in [6.07, 6.45) is 2.98. The Balaban J connectivity index is 2.04. The molecule has 2 heterocycles. The van der Waals surface area contributed by atoms with Gasteiger partial charge in [0.2, 0.25) is 0 Å². The summed E-state index contributed by atoms with van der Waals surface area (Å²) in [6, 6.07) is 8.07. The van der Waals surface area contributed by atoms with Gasteiger partial charge in [-0.25, -0.2) is 9.97 Å². The number of benzene rings is 1. The highest BCUT2D eigenvalue weighted by Gasteiger charge is 2.12. The van der Waals surface area contributed by atoms with Crippen LogP contribution in [-0.2, 0) is 13.0 Å². The van der Waals surface area contributed by atoms with Crippen LogP contribution in [0.4, 0.5) is 0 Å². The first kappa shape index (κ1) is 10.9. The Kier molecular flexibility index (Phi) is 2.91. The summed E-state index contributed by atoms with van der Waals surface area (Å²) >= 11 is 3.47. The number of halogens is 1. The molecular weight excluding hydrogens is 278 g/mol. The van der Waals surface area contributed by atoms with Gasteiger partial charge in [0.25, 0.3) is 0 Å². The van der Waals surface area contributed by atoms with Gasteiger partial charge in [0.05, 0.1) is 5.69 Å². The molecule has 17 heavy (non-hydrogen) atoms. The van der Waals surface area contributed by atoms with E-state index in [0.29, 0.717) is 0 Å². The number of hydrogen-bond acceptors (Lipinski definition) is 3. The Morgan fingerprint density at radius 3 is 3.12 bits per heavy atom. The van der Waals surface area contributed by atoms with E-state index in [2.05, 4.69) is 31.2 Å². The molecule has 86 valence electrons. The second kappa shape index (κ2) is 4.55. The maximum atomic E-state index is 4.63. The van der Waals surface area contributed by atoms with Gasteiger partial charge in [-0.05, 0) is 30.7 Å². The molecule has 0 unspecified atom stereocenters. The van der Waals surface area contributed by atoms with Crippen LogP contribution in [0.15, 0.2) is 34.9 Å². The first-order valence-corrected chi connectivity index (χ1v) is 6.44. The van der Waals surface area contributed by atoms with E-state index in [9.17, 15) is 0 Å².